The van der Waals surface area contributed by atoms with Crippen LogP contribution in [0.2, 0.25) is 0 Å². The van der Waals surface area contributed by atoms with Crippen LogP contribution >= 0.6 is 0 Å². The summed E-state index contributed by atoms with van der Waals surface area (Å²) in [5.74, 6) is 0.982. The maximum Gasteiger partial charge on any atom is 0.193 e. The third-order valence-corrected chi connectivity index (χ3v) is 5.53. The Morgan fingerprint density at radius 1 is 1.18 bits per heavy atom. The molecule has 2 heterocycles. The van der Waals surface area contributed by atoms with E-state index in [1.807, 2.05) is 0 Å². The molecule has 2 aliphatic rings. The summed E-state index contributed by atoms with van der Waals surface area (Å²) in [4.78, 5) is 9.56. The molecule has 0 atom stereocenters. The fourth-order valence-corrected chi connectivity index (χ4v) is 3.88. The summed E-state index contributed by atoms with van der Waals surface area (Å²) in [6, 6.07) is 9.07. The third kappa shape index (κ3) is 6.26. The fraction of sp³-hybridized carbons (Fsp3) is 0.609. The van der Waals surface area contributed by atoms with Gasteiger partial charge in [-0.1, -0.05) is 23.8 Å². The van der Waals surface area contributed by atoms with Gasteiger partial charge < -0.3 is 19.9 Å². The van der Waals surface area contributed by atoms with E-state index in [0.29, 0.717) is 0 Å². The van der Waals surface area contributed by atoms with Crippen molar-refractivity contribution in [2.24, 2.45) is 4.99 Å². The van der Waals surface area contributed by atoms with E-state index in [1.54, 1.807) is 0 Å². The van der Waals surface area contributed by atoms with Crippen molar-refractivity contribution in [3.05, 3.63) is 41.5 Å². The van der Waals surface area contributed by atoms with Crippen LogP contribution in [0.1, 0.15) is 44.6 Å². The lowest BCUT2D eigenvalue weighted by Crippen LogP contribution is -2.38. The number of rotatable bonds is 7. The number of hydrogen-bond acceptors (Lipinski definition) is 3. The molecule has 0 aliphatic carbocycles. The van der Waals surface area contributed by atoms with Gasteiger partial charge in [-0.05, 0) is 56.7 Å². The highest BCUT2D eigenvalue weighted by Crippen LogP contribution is 2.20. The van der Waals surface area contributed by atoms with Gasteiger partial charge in [0.05, 0.1) is 13.2 Å². The molecule has 0 radical (unpaired) electrons. The van der Waals surface area contributed by atoms with Crippen LogP contribution in [0.15, 0.2) is 40.9 Å². The van der Waals surface area contributed by atoms with Crippen molar-refractivity contribution in [3.8, 4) is 0 Å². The highest BCUT2D eigenvalue weighted by atomic mass is 16.5. The van der Waals surface area contributed by atoms with Gasteiger partial charge in [0, 0.05) is 45.5 Å². The molecule has 5 nitrogen and oxygen atoms in total. The van der Waals surface area contributed by atoms with Crippen LogP contribution in [0.4, 0.5) is 5.69 Å². The van der Waals surface area contributed by atoms with Gasteiger partial charge in [0.25, 0.3) is 0 Å². The summed E-state index contributed by atoms with van der Waals surface area (Å²) in [5, 5.41) is 3.43. The average Bonchev–Trinajstić information content (AvgIpc) is 2.75. The molecule has 0 saturated carbocycles. The lowest BCUT2D eigenvalue weighted by molar-refractivity contribution is 0.153. The van der Waals surface area contributed by atoms with Crippen molar-refractivity contribution < 1.29 is 4.74 Å². The third-order valence-electron chi connectivity index (χ3n) is 5.53. The summed E-state index contributed by atoms with van der Waals surface area (Å²) in [5.41, 5.74) is 4.15. The summed E-state index contributed by atoms with van der Waals surface area (Å²) < 4.78 is 5.38. The van der Waals surface area contributed by atoms with Gasteiger partial charge in [-0.25, -0.2) is 0 Å². The van der Waals surface area contributed by atoms with Gasteiger partial charge in [0.15, 0.2) is 5.96 Å². The SMILES string of the molecule is CCNC(=NCCC1=CCOCC1)N(C)Cc1ccc(N2CCCCC2)cc1. The molecule has 1 aromatic carbocycles. The number of nitrogens with zero attached hydrogens (tertiary/aromatic N) is 3. The molecule has 2 aliphatic heterocycles. The number of piperidine rings is 1. The Labute approximate surface area is 170 Å². The smallest absolute Gasteiger partial charge is 0.193 e. The van der Waals surface area contributed by atoms with E-state index < -0.39 is 0 Å². The Kier molecular flexibility index (Phi) is 8.22. The first-order chi connectivity index (χ1) is 13.8. The van der Waals surface area contributed by atoms with E-state index in [0.717, 1.165) is 51.6 Å². The zero-order chi connectivity index (χ0) is 19.6. The molecule has 5 heteroatoms. The van der Waals surface area contributed by atoms with E-state index in [-0.39, 0.29) is 0 Å². The fourth-order valence-electron chi connectivity index (χ4n) is 3.88. The minimum atomic E-state index is 0.756. The number of anilines is 1. The Morgan fingerprint density at radius 2 is 1.96 bits per heavy atom. The highest BCUT2D eigenvalue weighted by Gasteiger charge is 2.12. The van der Waals surface area contributed by atoms with Crippen molar-refractivity contribution in [3.63, 3.8) is 0 Å². The van der Waals surface area contributed by atoms with Crippen LogP contribution in [0, 0.1) is 0 Å². The van der Waals surface area contributed by atoms with Crippen LogP contribution in [-0.2, 0) is 11.3 Å². The van der Waals surface area contributed by atoms with E-state index in [4.69, 9.17) is 9.73 Å². The zero-order valence-corrected chi connectivity index (χ0v) is 17.6. The summed E-state index contributed by atoms with van der Waals surface area (Å²) in [7, 11) is 2.12. The summed E-state index contributed by atoms with van der Waals surface area (Å²) in [6.07, 6.45) is 8.28. The van der Waals surface area contributed by atoms with Crippen LogP contribution in [0.3, 0.4) is 0 Å². The average molecular weight is 385 g/mol. The maximum atomic E-state index is 5.38. The predicted octanol–water partition coefficient (Wildman–Crippen LogP) is 3.81. The first-order valence-corrected chi connectivity index (χ1v) is 10.8. The number of ether oxygens (including phenoxy) is 1. The van der Waals surface area contributed by atoms with Gasteiger partial charge in [0.2, 0.25) is 0 Å². The number of guanidine groups is 1. The number of aliphatic imine (C=N–C) groups is 1. The molecule has 1 aromatic rings. The van der Waals surface area contributed by atoms with Crippen molar-refractivity contribution in [2.75, 3.05) is 51.3 Å². The maximum absolute atomic E-state index is 5.38. The monoisotopic (exact) mass is 384 g/mol. The standard InChI is InChI=1S/C23H36N4O/c1-3-24-23(25-14-11-20-12-17-28-18-13-20)26(2)19-21-7-9-22(10-8-21)27-15-5-4-6-16-27/h7-10,12H,3-6,11,13-19H2,1-2H3,(H,24,25). The predicted molar refractivity (Wildman–Crippen MR) is 118 cm³/mol. The number of benzene rings is 1. The second kappa shape index (κ2) is 11.1. The summed E-state index contributed by atoms with van der Waals surface area (Å²) in [6.45, 7) is 8.69. The second-order valence-electron chi connectivity index (χ2n) is 7.74. The van der Waals surface area contributed by atoms with Crippen LogP contribution in [-0.4, -0.2) is 57.3 Å². The van der Waals surface area contributed by atoms with Crippen LogP contribution < -0.4 is 10.2 Å². The molecule has 1 fully saturated rings. The quantitative estimate of drug-likeness (QED) is 0.441. The minimum Gasteiger partial charge on any atom is -0.377 e. The topological polar surface area (TPSA) is 40.1 Å². The Hall–Kier alpha value is -2.01. The lowest BCUT2D eigenvalue weighted by atomic mass is 10.1. The molecule has 0 unspecified atom stereocenters. The second-order valence-corrected chi connectivity index (χ2v) is 7.74. The first kappa shape index (κ1) is 20.7. The Balaban J connectivity index is 1.54. The van der Waals surface area contributed by atoms with Gasteiger partial charge in [-0.2, -0.15) is 0 Å². The molecule has 0 amide bonds. The van der Waals surface area contributed by atoms with E-state index in [2.05, 4.69) is 59.4 Å². The summed E-state index contributed by atoms with van der Waals surface area (Å²) >= 11 is 0. The van der Waals surface area contributed by atoms with E-state index in [1.165, 1.54) is 49.2 Å². The largest absolute Gasteiger partial charge is 0.377 e. The van der Waals surface area contributed by atoms with E-state index >= 15 is 0 Å². The van der Waals surface area contributed by atoms with Crippen molar-refractivity contribution >= 4 is 11.6 Å². The molecule has 1 saturated heterocycles. The van der Waals surface area contributed by atoms with Crippen LogP contribution in [0.25, 0.3) is 0 Å². The minimum absolute atomic E-state index is 0.756. The Bertz CT molecular complexity index is 647. The van der Waals surface area contributed by atoms with Gasteiger partial charge >= 0.3 is 0 Å². The first-order valence-electron chi connectivity index (χ1n) is 10.8. The number of hydrogen-bond donors (Lipinski definition) is 1. The number of nitrogens with one attached hydrogen (secondary N) is 1. The molecule has 0 spiro atoms. The van der Waals surface area contributed by atoms with Crippen molar-refractivity contribution in [2.45, 2.75) is 45.6 Å². The molecule has 0 aromatic heterocycles. The van der Waals surface area contributed by atoms with Crippen LogP contribution in [0.5, 0.6) is 0 Å². The molecule has 0 bridgehead atoms. The molecular weight excluding hydrogens is 348 g/mol. The van der Waals surface area contributed by atoms with E-state index in [9.17, 15) is 0 Å². The van der Waals surface area contributed by atoms with Gasteiger partial charge in [-0.3, -0.25) is 4.99 Å². The van der Waals surface area contributed by atoms with Gasteiger partial charge in [0.1, 0.15) is 0 Å². The Morgan fingerprint density at radius 3 is 2.64 bits per heavy atom. The highest BCUT2D eigenvalue weighted by molar-refractivity contribution is 5.79. The molecule has 3 rings (SSSR count). The lowest BCUT2D eigenvalue weighted by Gasteiger charge is -2.29. The normalized spacial score (nSPS) is 18.0. The molecular formula is C23H36N4O. The molecule has 154 valence electrons. The van der Waals surface area contributed by atoms with Crippen molar-refractivity contribution in [1.82, 2.24) is 10.2 Å². The van der Waals surface area contributed by atoms with Crippen molar-refractivity contribution in [1.29, 1.82) is 0 Å². The molecule has 1 N–H and O–H groups in total. The zero-order valence-electron chi connectivity index (χ0n) is 17.6. The molecule has 28 heavy (non-hydrogen) atoms. The van der Waals surface area contributed by atoms with Gasteiger partial charge in [-0.15, -0.1) is 0 Å².